The molecule has 94 valence electrons. The molecule has 0 atom stereocenters. The largest absolute Gasteiger partial charge is 0.380 e. The molecule has 0 radical (unpaired) electrons. The van der Waals surface area contributed by atoms with Crippen LogP contribution >= 0.6 is 15.9 Å². The molecule has 0 aliphatic heterocycles. The van der Waals surface area contributed by atoms with Crippen molar-refractivity contribution in [3.63, 3.8) is 0 Å². The second kappa shape index (κ2) is 5.53. The molecular weight excluding hydrogens is 293 g/mol. The fraction of sp³-hybridized carbons (Fsp3) is 0.200. The lowest BCUT2D eigenvalue weighted by Crippen LogP contribution is -2.01. The maximum absolute atomic E-state index is 13.1. The molecule has 0 saturated heterocycles. The lowest BCUT2D eigenvalue weighted by atomic mass is 10.1. The van der Waals surface area contributed by atoms with Crippen molar-refractivity contribution >= 4 is 21.6 Å². The summed E-state index contributed by atoms with van der Waals surface area (Å²) >= 11 is 3.40. The number of benzene rings is 2. The first kappa shape index (κ1) is 13.1. The molecule has 0 unspecified atom stereocenters. The number of halogens is 2. The van der Waals surface area contributed by atoms with Crippen LogP contribution in [0.15, 0.2) is 40.9 Å². The summed E-state index contributed by atoms with van der Waals surface area (Å²) in [6, 6.07) is 11.0. The zero-order valence-corrected chi connectivity index (χ0v) is 12.0. The molecule has 0 aliphatic rings. The first-order valence-corrected chi connectivity index (χ1v) is 6.60. The van der Waals surface area contributed by atoms with Gasteiger partial charge in [-0.05, 0) is 64.7 Å². The predicted molar refractivity (Wildman–Crippen MR) is 77.3 cm³/mol. The number of hydrogen-bond donors (Lipinski definition) is 1. The van der Waals surface area contributed by atoms with E-state index in [1.54, 1.807) is 6.07 Å². The number of anilines is 1. The second-order valence-corrected chi connectivity index (χ2v) is 5.25. The summed E-state index contributed by atoms with van der Waals surface area (Å²) in [5, 5.41) is 3.23. The van der Waals surface area contributed by atoms with E-state index in [0.29, 0.717) is 6.54 Å². The predicted octanol–water partition coefficient (Wildman–Crippen LogP) is 4.82. The Morgan fingerprint density at radius 2 is 1.83 bits per heavy atom. The van der Waals surface area contributed by atoms with Gasteiger partial charge in [-0.3, -0.25) is 0 Å². The van der Waals surface area contributed by atoms with Crippen LogP contribution in [-0.2, 0) is 6.54 Å². The minimum absolute atomic E-state index is 0.235. The van der Waals surface area contributed by atoms with Crippen LogP contribution in [0.4, 0.5) is 10.1 Å². The Hall–Kier alpha value is -1.35. The average molecular weight is 308 g/mol. The van der Waals surface area contributed by atoms with Crippen molar-refractivity contribution < 1.29 is 4.39 Å². The highest BCUT2D eigenvalue weighted by Crippen LogP contribution is 2.23. The van der Waals surface area contributed by atoms with E-state index < -0.39 is 0 Å². The average Bonchev–Trinajstić information content (AvgIpc) is 2.34. The molecule has 1 nitrogen and oxygen atoms in total. The lowest BCUT2D eigenvalue weighted by Gasteiger charge is -2.10. The third-order valence-electron chi connectivity index (χ3n) is 2.98. The Kier molecular flexibility index (Phi) is 4.02. The van der Waals surface area contributed by atoms with Gasteiger partial charge in [0.1, 0.15) is 5.82 Å². The van der Waals surface area contributed by atoms with Gasteiger partial charge >= 0.3 is 0 Å². The van der Waals surface area contributed by atoms with Gasteiger partial charge in [-0.1, -0.05) is 18.2 Å². The van der Waals surface area contributed by atoms with E-state index in [9.17, 15) is 4.39 Å². The molecule has 2 aromatic rings. The Balaban J connectivity index is 2.11. The van der Waals surface area contributed by atoms with E-state index >= 15 is 0 Å². The molecule has 0 aliphatic carbocycles. The van der Waals surface area contributed by atoms with Gasteiger partial charge in [0.25, 0.3) is 0 Å². The molecule has 0 amide bonds. The standard InChI is InChI=1S/C15H15BrFN/c1-10-3-4-12(7-11(10)2)9-18-15-8-13(17)5-6-14(15)16/h3-8,18H,9H2,1-2H3. The fourth-order valence-corrected chi connectivity index (χ4v) is 2.13. The number of aryl methyl sites for hydroxylation is 2. The topological polar surface area (TPSA) is 12.0 Å². The van der Waals surface area contributed by atoms with Gasteiger partial charge in [0.2, 0.25) is 0 Å². The third-order valence-corrected chi connectivity index (χ3v) is 3.67. The highest BCUT2D eigenvalue weighted by Gasteiger charge is 2.02. The SMILES string of the molecule is Cc1ccc(CNc2cc(F)ccc2Br)cc1C. The normalized spacial score (nSPS) is 10.4. The molecular formula is C15H15BrFN. The summed E-state index contributed by atoms with van der Waals surface area (Å²) in [4.78, 5) is 0. The van der Waals surface area contributed by atoms with Crippen molar-refractivity contribution in [1.82, 2.24) is 0 Å². The highest BCUT2D eigenvalue weighted by atomic mass is 79.9. The Bertz CT molecular complexity index is 566. The number of hydrogen-bond acceptors (Lipinski definition) is 1. The van der Waals surface area contributed by atoms with Crippen molar-refractivity contribution in [1.29, 1.82) is 0 Å². The van der Waals surface area contributed by atoms with E-state index in [-0.39, 0.29) is 5.82 Å². The van der Waals surface area contributed by atoms with Crippen molar-refractivity contribution in [2.75, 3.05) is 5.32 Å². The molecule has 3 heteroatoms. The van der Waals surface area contributed by atoms with Gasteiger partial charge in [0, 0.05) is 11.0 Å². The van der Waals surface area contributed by atoms with Crippen LogP contribution in [0.5, 0.6) is 0 Å². The maximum Gasteiger partial charge on any atom is 0.125 e. The fourth-order valence-electron chi connectivity index (χ4n) is 1.74. The van der Waals surface area contributed by atoms with E-state index in [2.05, 4.69) is 53.3 Å². The van der Waals surface area contributed by atoms with Gasteiger partial charge in [0.05, 0.1) is 5.69 Å². The smallest absolute Gasteiger partial charge is 0.125 e. The molecule has 2 rings (SSSR count). The van der Waals surface area contributed by atoms with Gasteiger partial charge in [0.15, 0.2) is 0 Å². The molecule has 0 aromatic heterocycles. The van der Waals surface area contributed by atoms with Gasteiger partial charge in [-0.15, -0.1) is 0 Å². The van der Waals surface area contributed by atoms with Crippen LogP contribution in [0.25, 0.3) is 0 Å². The van der Waals surface area contributed by atoms with Crippen molar-refractivity contribution in [3.8, 4) is 0 Å². The second-order valence-electron chi connectivity index (χ2n) is 4.40. The van der Waals surface area contributed by atoms with E-state index in [1.807, 2.05) is 0 Å². The monoisotopic (exact) mass is 307 g/mol. The summed E-state index contributed by atoms with van der Waals surface area (Å²) in [5.41, 5.74) is 4.51. The summed E-state index contributed by atoms with van der Waals surface area (Å²) in [6.07, 6.45) is 0. The van der Waals surface area contributed by atoms with Crippen LogP contribution in [0.1, 0.15) is 16.7 Å². The molecule has 0 heterocycles. The third kappa shape index (κ3) is 3.10. The summed E-state index contributed by atoms with van der Waals surface area (Å²) in [6.45, 7) is 4.87. The summed E-state index contributed by atoms with van der Waals surface area (Å²) in [5.74, 6) is -0.235. The van der Waals surface area contributed by atoms with Crippen LogP contribution in [-0.4, -0.2) is 0 Å². The van der Waals surface area contributed by atoms with Crippen LogP contribution in [0.3, 0.4) is 0 Å². The molecule has 2 aromatic carbocycles. The number of nitrogens with one attached hydrogen (secondary N) is 1. The Morgan fingerprint density at radius 1 is 1.06 bits per heavy atom. The Morgan fingerprint density at radius 3 is 2.56 bits per heavy atom. The summed E-state index contributed by atoms with van der Waals surface area (Å²) < 4.78 is 14.0. The highest BCUT2D eigenvalue weighted by molar-refractivity contribution is 9.10. The number of rotatable bonds is 3. The van der Waals surface area contributed by atoms with Gasteiger partial charge in [-0.25, -0.2) is 4.39 Å². The van der Waals surface area contributed by atoms with E-state index in [0.717, 1.165) is 10.2 Å². The van der Waals surface area contributed by atoms with Crippen molar-refractivity contribution in [2.24, 2.45) is 0 Å². The molecule has 18 heavy (non-hydrogen) atoms. The van der Waals surface area contributed by atoms with E-state index in [4.69, 9.17) is 0 Å². The zero-order chi connectivity index (χ0) is 13.1. The molecule has 1 N–H and O–H groups in total. The van der Waals surface area contributed by atoms with Gasteiger partial charge < -0.3 is 5.32 Å². The van der Waals surface area contributed by atoms with Crippen LogP contribution in [0.2, 0.25) is 0 Å². The minimum atomic E-state index is -0.235. The molecule has 0 spiro atoms. The minimum Gasteiger partial charge on any atom is -0.380 e. The van der Waals surface area contributed by atoms with Gasteiger partial charge in [-0.2, -0.15) is 0 Å². The molecule has 0 bridgehead atoms. The van der Waals surface area contributed by atoms with Crippen LogP contribution < -0.4 is 5.32 Å². The lowest BCUT2D eigenvalue weighted by molar-refractivity contribution is 0.628. The zero-order valence-electron chi connectivity index (χ0n) is 10.4. The maximum atomic E-state index is 13.1. The first-order chi connectivity index (χ1) is 8.56. The summed E-state index contributed by atoms with van der Waals surface area (Å²) in [7, 11) is 0. The molecule has 0 fully saturated rings. The molecule has 0 saturated carbocycles. The quantitative estimate of drug-likeness (QED) is 0.857. The van der Waals surface area contributed by atoms with Crippen molar-refractivity contribution in [2.45, 2.75) is 20.4 Å². The van der Waals surface area contributed by atoms with Crippen LogP contribution in [0, 0.1) is 19.7 Å². The Labute approximate surface area is 115 Å². The first-order valence-electron chi connectivity index (χ1n) is 5.81. The van der Waals surface area contributed by atoms with E-state index in [1.165, 1.54) is 28.8 Å². The van der Waals surface area contributed by atoms with Crippen molar-refractivity contribution in [3.05, 3.63) is 63.4 Å².